The summed E-state index contributed by atoms with van der Waals surface area (Å²) >= 11 is 5.47. The summed E-state index contributed by atoms with van der Waals surface area (Å²) < 4.78 is 4.95. The van der Waals surface area contributed by atoms with Gasteiger partial charge in [-0.2, -0.15) is 0 Å². The maximum Gasteiger partial charge on any atom is 0.320 e. The van der Waals surface area contributed by atoms with Gasteiger partial charge in [0.1, 0.15) is 6.04 Å². The lowest BCUT2D eigenvalue weighted by atomic mass is 10.2. The number of halogens is 1. The van der Waals surface area contributed by atoms with Gasteiger partial charge < -0.3 is 15.6 Å². The van der Waals surface area contributed by atoms with Gasteiger partial charge in [0.2, 0.25) is 0 Å². The number of rotatable bonds is 3. The molecule has 4 nitrogen and oxygen atoms in total. The summed E-state index contributed by atoms with van der Waals surface area (Å²) in [7, 11) is 1.66. The van der Waals surface area contributed by atoms with Gasteiger partial charge >= 0.3 is 5.97 Å². The van der Waals surface area contributed by atoms with Gasteiger partial charge in [0.05, 0.1) is 11.5 Å². The number of alkyl halides is 1. The van der Waals surface area contributed by atoms with Crippen LogP contribution in [0.1, 0.15) is 20.8 Å². The van der Waals surface area contributed by atoms with E-state index in [9.17, 15) is 4.79 Å². The molecule has 0 aliphatic carbocycles. The van der Waals surface area contributed by atoms with E-state index in [-0.39, 0.29) is 5.60 Å². The average Bonchev–Trinajstić information content (AvgIpc) is 2.05. The van der Waals surface area contributed by atoms with Crippen LogP contribution in [0, 0.1) is 0 Å². The highest BCUT2D eigenvalue weighted by molar-refractivity contribution is 6.18. The second-order valence-electron chi connectivity index (χ2n) is 3.22. The molecule has 0 aromatic heterocycles. The van der Waals surface area contributed by atoms with Gasteiger partial charge in [0.25, 0.3) is 0 Å². The van der Waals surface area contributed by atoms with Gasteiger partial charge in [-0.05, 0) is 20.8 Å². The smallest absolute Gasteiger partial charge is 0.320 e. The van der Waals surface area contributed by atoms with E-state index in [0.29, 0.717) is 5.88 Å². The third kappa shape index (κ3) is 11.7. The highest BCUT2D eigenvalue weighted by Crippen LogP contribution is 2.07. The van der Waals surface area contributed by atoms with Crippen LogP contribution >= 0.6 is 11.6 Å². The molecule has 3 N–H and O–H groups in total. The van der Waals surface area contributed by atoms with Gasteiger partial charge in [-0.1, -0.05) is 0 Å². The molecule has 80 valence electrons. The fourth-order valence-electron chi connectivity index (χ4n) is 0.0546. The molecule has 0 spiro atoms. The van der Waals surface area contributed by atoms with Crippen LogP contribution in [0.25, 0.3) is 0 Å². The van der Waals surface area contributed by atoms with Crippen LogP contribution in [0.15, 0.2) is 0 Å². The molecule has 0 fully saturated rings. The molecular weight excluding hydrogens is 194 g/mol. The number of carbonyl (C=O) groups is 1. The quantitative estimate of drug-likeness (QED) is 0.685. The summed E-state index contributed by atoms with van der Waals surface area (Å²) in [6.07, 6.45) is 0. The van der Waals surface area contributed by atoms with Gasteiger partial charge in [-0.3, -0.25) is 4.79 Å². The van der Waals surface area contributed by atoms with E-state index >= 15 is 0 Å². The molecule has 0 amide bonds. The average molecular weight is 212 g/mol. The van der Waals surface area contributed by atoms with Crippen LogP contribution in [-0.2, 0) is 9.53 Å². The summed E-state index contributed by atoms with van der Waals surface area (Å²) in [6, 6.07) is -0.731. The first kappa shape index (κ1) is 15.2. The largest absolute Gasteiger partial charge is 0.480 e. The van der Waals surface area contributed by atoms with Crippen molar-refractivity contribution in [3.05, 3.63) is 0 Å². The minimum atomic E-state index is -0.963. The molecule has 0 aromatic rings. The topological polar surface area (TPSA) is 72.6 Å². The van der Waals surface area contributed by atoms with Gasteiger partial charge in [0, 0.05) is 7.11 Å². The zero-order chi connectivity index (χ0) is 11.1. The number of hydrogen-bond acceptors (Lipinski definition) is 3. The zero-order valence-electron chi connectivity index (χ0n) is 8.50. The van der Waals surface area contributed by atoms with Gasteiger partial charge in [-0.15, -0.1) is 11.6 Å². The Bertz CT molecular complexity index is 142. The van der Waals surface area contributed by atoms with Crippen molar-refractivity contribution in [3.63, 3.8) is 0 Å². The highest BCUT2D eigenvalue weighted by Gasteiger charge is 2.12. The number of aliphatic carboxylic acids is 1. The van der Waals surface area contributed by atoms with E-state index in [1.165, 1.54) is 6.92 Å². The number of carboxylic acid groups (broad SMARTS) is 1. The van der Waals surface area contributed by atoms with Crippen LogP contribution in [0.4, 0.5) is 0 Å². The van der Waals surface area contributed by atoms with Crippen LogP contribution in [-0.4, -0.2) is 35.7 Å². The SMILES string of the molecule is CC(N)C(=O)O.COC(C)(C)CCl. The van der Waals surface area contributed by atoms with Crippen molar-refractivity contribution in [2.24, 2.45) is 5.73 Å². The van der Waals surface area contributed by atoms with Crippen molar-refractivity contribution in [1.82, 2.24) is 0 Å². The first-order valence-electron chi connectivity index (χ1n) is 3.86. The molecule has 13 heavy (non-hydrogen) atoms. The molecule has 0 aliphatic rings. The lowest BCUT2D eigenvalue weighted by Gasteiger charge is -2.17. The molecule has 0 saturated carbocycles. The molecule has 5 heteroatoms. The predicted octanol–water partition coefficient (Wildman–Crippen LogP) is 1.07. The van der Waals surface area contributed by atoms with Crippen molar-refractivity contribution < 1.29 is 14.6 Å². The van der Waals surface area contributed by atoms with Crippen molar-refractivity contribution in [2.75, 3.05) is 13.0 Å². The number of methoxy groups -OCH3 is 1. The zero-order valence-corrected chi connectivity index (χ0v) is 9.26. The lowest BCUT2D eigenvalue weighted by Crippen LogP contribution is -2.25. The molecule has 0 radical (unpaired) electrons. The summed E-state index contributed by atoms with van der Waals surface area (Å²) in [4.78, 5) is 9.57. The molecule has 1 unspecified atom stereocenters. The second kappa shape index (κ2) is 7.12. The number of carboxylic acids is 1. The number of ether oxygens (including phenoxy) is 1. The van der Waals surface area contributed by atoms with Crippen LogP contribution in [0.2, 0.25) is 0 Å². The Hall–Kier alpha value is -0.320. The molecule has 0 saturated heterocycles. The maximum absolute atomic E-state index is 9.57. The van der Waals surface area contributed by atoms with Crippen molar-refractivity contribution in [2.45, 2.75) is 32.4 Å². The van der Waals surface area contributed by atoms with Crippen LogP contribution < -0.4 is 5.73 Å². The molecule has 0 aliphatic heterocycles. The molecule has 0 aromatic carbocycles. The van der Waals surface area contributed by atoms with Crippen molar-refractivity contribution in [3.8, 4) is 0 Å². The Labute approximate surface area is 84.0 Å². The summed E-state index contributed by atoms with van der Waals surface area (Å²) in [5.74, 6) is -0.418. The Morgan fingerprint density at radius 1 is 1.69 bits per heavy atom. The van der Waals surface area contributed by atoms with E-state index in [1.807, 2.05) is 13.8 Å². The first-order chi connectivity index (χ1) is 5.76. The van der Waals surface area contributed by atoms with Crippen molar-refractivity contribution >= 4 is 17.6 Å². The molecular formula is C8H18ClNO3. The fourth-order valence-corrected chi connectivity index (χ4v) is 0.164. The van der Waals surface area contributed by atoms with E-state index < -0.39 is 12.0 Å². The Balaban J connectivity index is 0. The standard InChI is InChI=1S/C5H11ClO.C3H7NO2/c1-5(2,4-6)7-3;1-2(4)3(5)6/h4H2,1-3H3;2H,4H2,1H3,(H,5,6). The van der Waals surface area contributed by atoms with Gasteiger partial charge in [-0.25, -0.2) is 0 Å². The highest BCUT2D eigenvalue weighted by atomic mass is 35.5. The summed E-state index contributed by atoms with van der Waals surface area (Å²) in [5, 5.41) is 7.87. The number of nitrogens with two attached hydrogens (primary N) is 1. The predicted molar refractivity (Wildman–Crippen MR) is 53.1 cm³/mol. The Morgan fingerprint density at radius 2 is 2.00 bits per heavy atom. The molecule has 0 heterocycles. The van der Waals surface area contributed by atoms with E-state index in [2.05, 4.69) is 0 Å². The lowest BCUT2D eigenvalue weighted by molar-refractivity contribution is -0.138. The summed E-state index contributed by atoms with van der Waals surface area (Å²) in [6.45, 7) is 5.31. The minimum Gasteiger partial charge on any atom is -0.480 e. The molecule has 0 rings (SSSR count). The number of hydrogen-bond donors (Lipinski definition) is 2. The van der Waals surface area contributed by atoms with Gasteiger partial charge in [0.15, 0.2) is 0 Å². The molecule has 1 atom stereocenters. The minimum absolute atomic E-state index is 0.151. The Kier molecular flexibility index (Phi) is 8.30. The maximum atomic E-state index is 9.57. The molecule has 0 bridgehead atoms. The third-order valence-electron chi connectivity index (χ3n) is 1.26. The van der Waals surface area contributed by atoms with Crippen LogP contribution in [0.3, 0.4) is 0 Å². The van der Waals surface area contributed by atoms with Crippen LogP contribution in [0.5, 0.6) is 0 Å². The normalized spacial score (nSPS) is 12.8. The second-order valence-corrected chi connectivity index (χ2v) is 3.49. The first-order valence-corrected chi connectivity index (χ1v) is 4.39. The summed E-state index contributed by atoms with van der Waals surface area (Å²) in [5.41, 5.74) is 4.68. The third-order valence-corrected chi connectivity index (χ3v) is 1.91. The van der Waals surface area contributed by atoms with Crippen molar-refractivity contribution in [1.29, 1.82) is 0 Å². The Morgan fingerprint density at radius 3 is 2.00 bits per heavy atom. The van der Waals surface area contributed by atoms with E-state index in [4.69, 9.17) is 27.2 Å². The van der Waals surface area contributed by atoms with E-state index in [0.717, 1.165) is 0 Å². The van der Waals surface area contributed by atoms with E-state index in [1.54, 1.807) is 7.11 Å². The monoisotopic (exact) mass is 211 g/mol. The fraction of sp³-hybridized carbons (Fsp3) is 0.875.